The monoisotopic (exact) mass is 338 g/mol. The first-order chi connectivity index (χ1) is 9.74. The quantitative estimate of drug-likeness (QED) is 0.751. The molecule has 1 saturated carbocycles. The van der Waals surface area contributed by atoms with E-state index in [9.17, 15) is 4.79 Å². The molecule has 1 heterocycles. The van der Waals surface area contributed by atoms with E-state index in [1.807, 2.05) is 18.2 Å². The van der Waals surface area contributed by atoms with Gasteiger partial charge in [0.1, 0.15) is 6.04 Å². The molecule has 0 aromatic heterocycles. The summed E-state index contributed by atoms with van der Waals surface area (Å²) in [6.45, 7) is 2.46. The summed E-state index contributed by atoms with van der Waals surface area (Å²) < 4.78 is 6.57. The van der Waals surface area contributed by atoms with E-state index in [0.717, 1.165) is 47.8 Å². The number of carbonyl (C=O) groups is 1. The summed E-state index contributed by atoms with van der Waals surface area (Å²) in [7, 11) is 0. The lowest BCUT2D eigenvalue weighted by molar-refractivity contribution is -0.117. The highest BCUT2D eigenvalue weighted by Crippen LogP contribution is 2.33. The average Bonchev–Trinajstić information content (AvgIpc) is 3.18. The molecule has 0 bridgehead atoms. The third-order valence-corrected chi connectivity index (χ3v) is 4.20. The molecule has 1 atom stereocenters. The summed E-state index contributed by atoms with van der Waals surface area (Å²) in [5, 5.41) is 6.20. The molecular weight excluding hydrogens is 320 g/mol. The van der Waals surface area contributed by atoms with E-state index in [-0.39, 0.29) is 11.9 Å². The van der Waals surface area contributed by atoms with Gasteiger partial charge in [0.15, 0.2) is 0 Å². The molecule has 1 aromatic rings. The number of anilines is 1. The molecule has 3 rings (SSSR count). The Labute approximate surface area is 127 Å². The number of rotatable bonds is 7. The van der Waals surface area contributed by atoms with Crippen LogP contribution >= 0.6 is 15.9 Å². The largest absolute Gasteiger partial charge is 0.381 e. The van der Waals surface area contributed by atoms with Crippen molar-refractivity contribution in [1.82, 2.24) is 5.32 Å². The van der Waals surface area contributed by atoms with Crippen LogP contribution in [0.1, 0.15) is 30.9 Å². The van der Waals surface area contributed by atoms with E-state index in [4.69, 9.17) is 4.74 Å². The van der Waals surface area contributed by atoms with Gasteiger partial charge in [0.25, 0.3) is 0 Å². The van der Waals surface area contributed by atoms with Gasteiger partial charge in [-0.25, -0.2) is 0 Å². The minimum atomic E-state index is -0.235. The number of benzene rings is 1. The molecule has 0 saturated heterocycles. The zero-order valence-corrected chi connectivity index (χ0v) is 12.9. The number of carbonyl (C=O) groups excluding carboxylic acids is 1. The van der Waals surface area contributed by atoms with Crippen molar-refractivity contribution in [3.05, 3.63) is 28.2 Å². The van der Waals surface area contributed by atoms with Crippen LogP contribution in [0, 0.1) is 5.92 Å². The molecular formula is C15H19BrN2O2. The van der Waals surface area contributed by atoms with Gasteiger partial charge in [-0.3, -0.25) is 4.79 Å². The van der Waals surface area contributed by atoms with Gasteiger partial charge in [0, 0.05) is 28.9 Å². The first-order valence-corrected chi connectivity index (χ1v) is 7.95. The Kier molecular flexibility index (Phi) is 4.38. The lowest BCUT2D eigenvalue weighted by Gasteiger charge is -2.11. The molecule has 1 aliphatic heterocycles. The van der Waals surface area contributed by atoms with Gasteiger partial charge < -0.3 is 15.4 Å². The Morgan fingerprint density at radius 2 is 2.25 bits per heavy atom. The molecule has 5 heteroatoms. The number of hydrogen-bond donors (Lipinski definition) is 2. The highest BCUT2D eigenvalue weighted by atomic mass is 79.9. The van der Waals surface area contributed by atoms with Crippen LogP contribution in [0.15, 0.2) is 22.7 Å². The number of halogens is 1. The number of amides is 1. The van der Waals surface area contributed by atoms with Gasteiger partial charge in [-0.2, -0.15) is 0 Å². The highest BCUT2D eigenvalue weighted by Gasteiger charge is 2.29. The molecule has 1 unspecified atom stereocenters. The molecule has 108 valence electrons. The molecule has 1 aromatic carbocycles. The standard InChI is InChI=1S/C15H19BrN2O2/c16-11-4-5-12-13(8-11)18-15(19)14(12)17-6-1-7-20-9-10-2-3-10/h4-5,8,10,14,17H,1-3,6-7,9H2,(H,18,19). The molecule has 0 spiro atoms. The molecule has 2 aliphatic rings. The SMILES string of the molecule is O=C1Nc2cc(Br)ccc2C1NCCCOCC1CC1. The third-order valence-electron chi connectivity index (χ3n) is 3.71. The van der Waals surface area contributed by atoms with Crippen molar-refractivity contribution in [2.45, 2.75) is 25.3 Å². The van der Waals surface area contributed by atoms with Crippen molar-refractivity contribution in [2.75, 3.05) is 25.1 Å². The van der Waals surface area contributed by atoms with Crippen LogP contribution in [-0.2, 0) is 9.53 Å². The van der Waals surface area contributed by atoms with Crippen LogP contribution in [0.2, 0.25) is 0 Å². The predicted molar refractivity (Wildman–Crippen MR) is 81.7 cm³/mol. The van der Waals surface area contributed by atoms with E-state index in [1.54, 1.807) is 0 Å². The van der Waals surface area contributed by atoms with Gasteiger partial charge in [0.2, 0.25) is 5.91 Å². The zero-order chi connectivity index (χ0) is 13.9. The second-order valence-electron chi connectivity index (χ2n) is 5.48. The smallest absolute Gasteiger partial charge is 0.246 e. The molecule has 1 amide bonds. The second kappa shape index (κ2) is 6.24. The van der Waals surface area contributed by atoms with Crippen molar-refractivity contribution >= 4 is 27.5 Å². The second-order valence-corrected chi connectivity index (χ2v) is 6.40. The van der Waals surface area contributed by atoms with Crippen LogP contribution in [0.3, 0.4) is 0 Å². The molecule has 4 nitrogen and oxygen atoms in total. The van der Waals surface area contributed by atoms with Gasteiger partial charge in [-0.05, 0) is 43.9 Å². The van der Waals surface area contributed by atoms with E-state index in [0.29, 0.717) is 0 Å². The number of ether oxygens (including phenoxy) is 1. The summed E-state index contributed by atoms with van der Waals surface area (Å²) in [4.78, 5) is 11.9. The minimum Gasteiger partial charge on any atom is -0.381 e. The van der Waals surface area contributed by atoms with Crippen LogP contribution in [0.25, 0.3) is 0 Å². The van der Waals surface area contributed by atoms with Crippen molar-refractivity contribution in [3.8, 4) is 0 Å². The molecule has 2 N–H and O–H groups in total. The Morgan fingerprint density at radius 1 is 1.40 bits per heavy atom. The number of nitrogens with one attached hydrogen (secondary N) is 2. The lowest BCUT2D eigenvalue weighted by Crippen LogP contribution is -2.28. The first kappa shape index (κ1) is 14.0. The number of fused-ring (bicyclic) bond motifs is 1. The summed E-state index contributed by atoms with van der Waals surface area (Å²) in [5.74, 6) is 0.839. The fraction of sp³-hybridized carbons (Fsp3) is 0.533. The van der Waals surface area contributed by atoms with Crippen molar-refractivity contribution in [3.63, 3.8) is 0 Å². The fourth-order valence-electron chi connectivity index (χ4n) is 2.39. The summed E-state index contributed by atoms with van der Waals surface area (Å²) in [5.41, 5.74) is 1.92. The Morgan fingerprint density at radius 3 is 3.05 bits per heavy atom. The van der Waals surface area contributed by atoms with Crippen LogP contribution in [0.4, 0.5) is 5.69 Å². The zero-order valence-electron chi connectivity index (χ0n) is 11.3. The molecule has 1 aliphatic carbocycles. The maximum atomic E-state index is 11.9. The van der Waals surface area contributed by atoms with Gasteiger partial charge in [-0.1, -0.05) is 22.0 Å². The third kappa shape index (κ3) is 3.40. The van der Waals surface area contributed by atoms with Crippen molar-refractivity contribution in [2.24, 2.45) is 5.92 Å². The summed E-state index contributed by atoms with van der Waals surface area (Å²) >= 11 is 3.41. The normalized spacial score (nSPS) is 20.9. The highest BCUT2D eigenvalue weighted by molar-refractivity contribution is 9.10. The van der Waals surface area contributed by atoms with E-state index in [2.05, 4.69) is 26.6 Å². The van der Waals surface area contributed by atoms with E-state index < -0.39 is 0 Å². The van der Waals surface area contributed by atoms with E-state index >= 15 is 0 Å². The fourth-order valence-corrected chi connectivity index (χ4v) is 2.75. The minimum absolute atomic E-state index is 0.0250. The lowest BCUT2D eigenvalue weighted by atomic mass is 10.1. The van der Waals surface area contributed by atoms with Crippen LogP contribution < -0.4 is 10.6 Å². The topological polar surface area (TPSA) is 50.4 Å². The van der Waals surface area contributed by atoms with Crippen LogP contribution in [-0.4, -0.2) is 25.7 Å². The first-order valence-electron chi connectivity index (χ1n) is 7.15. The Balaban J connectivity index is 1.44. The average molecular weight is 339 g/mol. The summed E-state index contributed by atoms with van der Waals surface area (Å²) in [6, 6.07) is 5.65. The Hall–Kier alpha value is -0.910. The maximum absolute atomic E-state index is 11.9. The van der Waals surface area contributed by atoms with E-state index in [1.165, 1.54) is 12.8 Å². The summed E-state index contributed by atoms with van der Waals surface area (Å²) in [6.07, 6.45) is 3.59. The van der Waals surface area contributed by atoms with Gasteiger partial charge in [-0.15, -0.1) is 0 Å². The van der Waals surface area contributed by atoms with Gasteiger partial charge >= 0.3 is 0 Å². The van der Waals surface area contributed by atoms with Crippen molar-refractivity contribution < 1.29 is 9.53 Å². The van der Waals surface area contributed by atoms with Crippen molar-refractivity contribution in [1.29, 1.82) is 0 Å². The predicted octanol–water partition coefficient (Wildman–Crippen LogP) is 2.85. The number of hydrogen-bond acceptors (Lipinski definition) is 3. The molecule has 0 radical (unpaired) electrons. The van der Waals surface area contributed by atoms with Gasteiger partial charge in [0.05, 0.1) is 0 Å². The van der Waals surface area contributed by atoms with Crippen LogP contribution in [0.5, 0.6) is 0 Å². The Bertz CT molecular complexity index is 503. The molecule has 20 heavy (non-hydrogen) atoms. The maximum Gasteiger partial charge on any atom is 0.246 e. The molecule has 1 fully saturated rings.